The molecule has 152 valence electrons. The number of carbonyl (C=O) groups excluding carboxylic acids is 1. The molecule has 0 unspecified atom stereocenters. The van der Waals surface area contributed by atoms with Crippen LogP contribution in [0.1, 0.15) is 25.3 Å². The molecule has 1 aromatic carbocycles. The van der Waals surface area contributed by atoms with Crippen LogP contribution in [0.25, 0.3) is 10.3 Å². The van der Waals surface area contributed by atoms with Crippen LogP contribution in [0, 0.1) is 12.8 Å². The van der Waals surface area contributed by atoms with E-state index in [4.69, 9.17) is 4.98 Å². The maximum Gasteiger partial charge on any atom is 0.234 e. The number of thiazole rings is 1. The maximum absolute atomic E-state index is 12.4. The second-order valence-corrected chi connectivity index (χ2v) is 10.1. The fraction of sp³-hybridized carbons (Fsp3) is 0.400. The third-order valence-electron chi connectivity index (χ3n) is 4.86. The van der Waals surface area contributed by atoms with Crippen LogP contribution >= 0.6 is 39.0 Å². The molecule has 3 aromatic rings. The highest BCUT2D eigenvalue weighted by Crippen LogP contribution is 2.35. The van der Waals surface area contributed by atoms with Crippen molar-refractivity contribution in [3.05, 3.63) is 34.6 Å². The fourth-order valence-electron chi connectivity index (χ4n) is 3.38. The number of rotatable bonds is 5. The number of hydrogen-bond donors (Lipinski definition) is 1. The second-order valence-electron chi connectivity index (χ2n) is 7.32. The lowest BCUT2D eigenvalue weighted by Crippen LogP contribution is -2.34. The van der Waals surface area contributed by atoms with Crippen LogP contribution in [0.15, 0.2) is 34.0 Å². The summed E-state index contributed by atoms with van der Waals surface area (Å²) >= 11 is 6.52. The summed E-state index contributed by atoms with van der Waals surface area (Å²) in [5.41, 5.74) is 2.59. The van der Waals surface area contributed by atoms with Gasteiger partial charge in [0.25, 0.3) is 0 Å². The van der Waals surface area contributed by atoms with Gasteiger partial charge in [-0.15, -0.1) is 0 Å². The predicted octanol–water partition coefficient (Wildman–Crippen LogP) is 5.12. The van der Waals surface area contributed by atoms with E-state index in [1.807, 2.05) is 25.1 Å². The van der Waals surface area contributed by atoms with Crippen LogP contribution in [0.5, 0.6) is 0 Å². The minimum Gasteiger partial charge on any atom is -0.348 e. The van der Waals surface area contributed by atoms with Gasteiger partial charge in [-0.2, -0.15) is 4.98 Å². The minimum absolute atomic E-state index is 0.0573. The molecule has 4 rings (SSSR count). The van der Waals surface area contributed by atoms with Crippen molar-refractivity contribution in [2.24, 2.45) is 5.92 Å². The van der Waals surface area contributed by atoms with Gasteiger partial charge in [0.15, 0.2) is 10.8 Å². The third kappa shape index (κ3) is 4.90. The monoisotopic (exact) mass is 491 g/mol. The molecule has 1 aliphatic rings. The van der Waals surface area contributed by atoms with E-state index in [0.29, 0.717) is 11.6 Å². The SMILES string of the molecule is Cc1cc(NC(=O)CSc2ncnc3nc(N4CCC[C@@H](C)C4)sc23)ccc1Br. The Morgan fingerprint density at radius 3 is 3.07 bits per heavy atom. The number of fused-ring (bicyclic) bond motifs is 1. The van der Waals surface area contributed by atoms with Crippen LogP contribution in [0.4, 0.5) is 10.8 Å². The first-order chi connectivity index (χ1) is 14.0. The van der Waals surface area contributed by atoms with Crippen molar-refractivity contribution in [1.82, 2.24) is 15.0 Å². The molecule has 29 heavy (non-hydrogen) atoms. The summed E-state index contributed by atoms with van der Waals surface area (Å²) in [6.45, 7) is 6.35. The molecule has 6 nitrogen and oxygen atoms in total. The molecule has 1 saturated heterocycles. The van der Waals surface area contributed by atoms with E-state index < -0.39 is 0 Å². The summed E-state index contributed by atoms with van der Waals surface area (Å²) < 4.78 is 1.98. The van der Waals surface area contributed by atoms with E-state index in [1.165, 1.54) is 30.9 Å². The Morgan fingerprint density at radius 2 is 2.28 bits per heavy atom. The number of thioether (sulfide) groups is 1. The molecule has 0 radical (unpaired) electrons. The number of aromatic nitrogens is 3. The maximum atomic E-state index is 12.4. The van der Waals surface area contributed by atoms with E-state index >= 15 is 0 Å². The van der Waals surface area contributed by atoms with Crippen LogP contribution in [0.3, 0.4) is 0 Å². The first kappa shape index (κ1) is 20.6. The van der Waals surface area contributed by atoms with Crippen molar-refractivity contribution in [2.45, 2.75) is 31.7 Å². The number of carbonyl (C=O) groups is 1. The van der Waals surface area contributed by atoms with Crippen LogP contribution in [-0.4, -0.2) is 39.7 Å². The number of amides is 1. The summed E-state index contributed by atoms with van der Waals surface area (Å²) in [6.07, 6.45) is 4.00. The molecule has 0 bridgehead atoms. The van der Waals surface area contributed by atoms with E-state index in [-0.39, 0.29) is 11.7 Å². The van der Waals surface area contributed by atoms with E-state index in [0.717, 1.165) is 43.7 Å². The summed E-state index contributed by atoms with van der Waals surface area (Å²) in [6, 6.07) is 5.77. The average Bonchev–Trinajstić information content (AvgIpc) is 3.14. The largest absolute Gasteiger partial charge is 0.348 e. The van der Waals surface area contributed by atoms with Gasteiger partial charge in [0, 0.05) is 23.2 Å². The quantitative estimate of drug-likeness (QED) is 0.394. The lowest BCUT2D eigenvalue weighted by molar-refractivity contribution is -0.113. The first-order valence-corrected chi connectivity index (χ1v) is 12.1. The molecule has 9 heteroatoms. The fourth-order valence-corrected chi connectivity index (χ4v) is 5.55. The lowest BCUT2D eigenvalue weighted by Gasteiger charge is -2.30. The first-order valence-electron chi connectivity index (χ1n) is 9.55. The molecule has 0 spiro atoms. The van der Waals surface area contributed by atoms with Gasteiger partial charge in [0.2, 0.25) is 5.91 Å². The Bertz CT molecular complexity index is 1040. The van der Waals surface area contributed by atoms with Crippen LogP contribution in [0.2, 0.25) is 0 Å². The number of piperidine rings is 1. The van der Waals surface area contributed by atoms with Gasteiger partial charge in [-0.05, 0) is 49.4 Å². The van der Waals surface area contributed by atoms with Crippen LogP contribution < -0.4 is 10.2 Å². The second kappa shape index (κ2) is 8.97. The van der Waals surface area contributed by atoms with Crippen molar-refractivity contribution in [3.63, 3.8) is 0 Å². The van der Waals surface area contributed by atoms with Gasteiger partial charge in [-0.1, -0.05) is 46.0 Å². The molecule has 0 aliphatic carbocycles. The van der Waals surface area contributed by atoms with Gasteiger partial charge < -0.3 is 10.2 Å². The number of benzene rings is 1. The van der Waals surface area contributed by atoms with Crippen molar-refractivity contribution in [1.29, 1.82) is 0 Å². The predicted molar refractivity (Wildman–Crippen MR) is 124 cm³/mol. The Labute approximate surface area is 186 Å². The highest BCUT2D eigenvalue weighted by Gasteiger charge is 2.21. The van der Waals surface area contributed by atoms with Gasteiger partial charge in [-0.25, -0.2) is 9.97 Å². The summed E-state index contributed by atoms with van der Waals surface area (Å²) in [4.78, 5) is 28.2. The molecule has 1 amide bonds. The van der Waals surface area contributed by atoms with E-state index in [9.17, 15) is 4.79 Å². The summed E-state index contributed by atoms with van der Waals surface area (Å²) in [5.74, 6) is 0.912. The number of hydrogen-bond acceptors (Lipinski definition) is 7. The molecule has 3 heterocycles. The molecule has 1 atom stereocenters. The molecule has 1 aliphatic heterocycles. The van der Waals surface area contributed by atoms with E-state index in [1.54, 1.807) is 11.3 Å². The summed E-state index contributed by atoms with van der Waals surface area (Å²) in [5, 5.41) is 4.76. The zero-order valence-electron chi connectivity index (χ0n) is 16.3. The van der Waals surface area contributed by atoms with Gasteiger partial charge in [0.05, 0.1) is 5.75 Å². The molecule has 0 saturated carbocycles. The van der Waals surface area contributed by atoms with Gasteiger partial charge >= 0.3 is 0 Å². The highest BCUT2D eigenvalue weighted by molar-refractivity contribution is 9.10. The molecule has 1 N–H and O–H groups in total. The van der Waals surface area contributed by atoms with Crippen molar-refractivity contribution in [2.75, 3.05) is 29.1 Å². The standard InChI is InChI=1S/C20H22BrN5OS2/c1-12-4-3-7-26(9-12)20-25-18-17(29-20)19(23-11-22-18)28-10-16(27)24-14-5-6-15(21)13(2)8-14/h5-6,8,11-12H,3-4,7,9-10H2,1-2H3,(H,24,27)/t12-/m1/s1. The number of halogens is 1. The van der Waals surface area contributed by atoms with Gasteiger partial charge in [0.1, 0.15) is 16.1 Å². The van der Waals surface area contributed by atoms with Crippen LogP contribution in [-0.2, 0) is 4.79 Å². The number of nitrogens with zero attached hydrogens (tertiary/aromatic N) is 4. The smallest absolute Gasteiger partial charge is 0.234 e. The number of aryl methyl sites for hydroxylation is 1. The molecular formula is C20H22BrN5OS2. The normalized spacial score (nSPS) is 16.9. The number of anilines is 2. The van der Waals surface area contributed by atoms with Crippen molar-refractivity contribution >= 4 is 66.1 Å². The third-order valence-corrected chi connectivity index (χ3v) is 7.98. The Balaban J connectivity index is 1.44. The molecule has 1 fully saturated rings. The zero-order valence-corrected chi connectivity index (χ0v) is 19.5. The Kier molecular flexibility index (Phi) is 6.36. The minimum atomic E-state index is -0.0573. The topological polar surface area (TPSA) is 71.0 Å². The Morgan fingerprint density at radius 1 is 1.41 bits per heavy atom. The number of nitrogens with one attached hydrogen (secondary N) is 1. The van der Waals surface area contributed by atoms with Crippen molar-refractivity contribution in [3.8, 4) is 0 Å². The molecular weight excluding hydrogens is 470 g/mol. The Hall–Kier alpha value is -1.71. The zero-order chi connectivity index (χ0) is 20.4. The lowest BCUT2D eigenvalue weighted by atomic mass is 10.0. The van der Waals surface area contributed by atoms with E-state index in [2.05, 4.69) is 43.0 Å². The van der Waals surface area contributed by atoms with Gasteiger partial charge in [-0.3, -0.25) is 4.79 Å². The highest BCUT2D eigenvalue weighted by atomic mass is 79.9. The van der Waals surface area contributed by atoms with Crippen molar-refractivity contribution < 1.29 is 4.79 Å². The summed E-state index contributed by atoms with van der Waals surface area (Å²) in [7, 11) is 0. The molecule has 2 aromatic heterocycles. The average molecular weight is 492 g/mol.